The van der Waals surface area contributed by atoms with Crippen LogP contribution in [0.2, 0.25) is 0 Å². The van der Waals surface area contributed by atoms with Gasteiger partial charge >= 0.3 is 0 Å². The molecular weight excluding hydrogens is 268 g/mol. The number of nitrogens with two attached hydrogens (primary N) is 1. The summed E-state index contributed by atoms with van der Waals surface area (Å²) in [4.78, 5) is 2.42. The Labute approximate surface area is 105 Å². The van der Waals surface area contributed by atoms with Crippen LogP contribution < -0.4 is 5.73 Å². The lowest BCUT2D eigenvalue weighted by Gasteiger charge is -2.33. The second-order valence-corrected chi connectivity index (χ2v) is 5.10. The SMILES string of the molecule is CC1COCCN1Cc1ccc(Br)c(N)c1. The van der Waals surface area contributed by atoms with E-state index in [1.807, 2.05) is 12.1 Å². The van der Waals surface area contributed by atoms with Crippen molar-refractivity contribution >= 4 is 21.6 Å². The van der Waals surface area contributed by atoms with Crippen molar-refractivity contribution in [3.8, 4) is 0 Å². The van der Waals surface area contributed by atoms with Crippen LogP contribution in [0, 0.1) is 0 Å². The molecule has 1 aromatic carbocycles. The lowest BCUT2D eigenvalue weighted by Crippen LogP contribution is -2.42. The van der Waals surface area contributed by atoms with Crippen molar-refractivity contribution in [2.75, 3.05) is 25.5 Å². The van der Waals surface area contributed by atoms with Crippen LogP contribution in [0.3, 0.4) is 0 Å². The van der Waals surface area contributed by atoms with Gasteiger partial charge in [-0.1, -0.05) is 6.07 Å². The van der Waals surface area contributed by atoms with Crippen LogP contribution in [0.4, 0.5) is 5.69 Å². The fourth-order valence-corrected chi connectivity index (χ4v) is 2.17. The van der Waals surface area contributed by atoms with Gasteiger partial charge in [-0.2, -0.15) is 0 Å². The summed E-state index contributed by atoms with van der Waals surface area (Å²) in [6, 6.07) is 6.64. The summed E-state index contributed by atoms with van der Waals surface area (Å²) >= 11 is 3.41. The molecule has 1 heterocycles. The predicted octanol–water partition coefficient (Wildman–Crippen LogP) is 2.25. The van der Waals surface area contributed by atoms with E-state index < -0.39 is 0 Å². The third kappa shape index (κ3) is 2.75. The van der Waals surface area contributed by atoms with Crippen molar-refractivity contribution in [1.29, 1.82) is 0 Å². The van der Waals surface area contributed by atoms with Gasteiger partial charge in [0, 0.05) is 29.3 Å². The smallest absolute Gasteiger partial charge is 0.0619 e. The first-order chi connectivity index (χ1) is 7.66. The largest absolute Gasteiger partial charge is 0.398 e. The zero-order chi connectivity index (χ0) is 11.5. The Kier molecular flexibility index (Phi) is 3.84. The van der Waals surface area contributed by atoms with Gasteiger partial charge in [-0.3, -0.25) is 4.90 Å². The molecule has 0 saturated carbocycles. The summed E-state index contributed by atoms with van der Waals surface area (Å²) in [6.07, 6.45) is 0. The Morgan fingerprint density at radius 1 is 1.56 bits per heavy atom. The van der Waals surface area contributed by atoms with E-state index in [9.17, 15) is 0 Å². The zero-order valence-electron chi connectivity index (χ0n) is 9.45. The molecule has 88 valence electrons. The first-order valence-electron chi connectivity index (χ1n) is 5.52. The van der Waals surface area contributed by atoms with Crippen LogP contribution >= 0.6 is 15.9 Å². The standard InChI is InChI=1S/C12H17BrN2O/c1-9-8-16-5-4-15(9)7-10-2-3-11(13)12(14)6-10/h2-3,6,9H,4-5,7-8,14H2,1H3. The molecule has 1 atom stereocenters. The highest BCUT2D eigenvalue weighted by Gasteiger charge is 2.18. The molecule has 3 nitrogen and oxygen atoms in total. The van der Waals surface area contributed by atoms with Crippen molar-refractivity contribution in [2.45, 2.75) is 19.5 Å². The van der Waals surface area contributed by atoms with E-state index in [1.165, 1.54) is 5.56 Å². The number of nitrogens with zero attached hydrogens (tertiary/aromatic N) is 1. The number of ether oxygens (including phenoxy) is 1. The third-order valence-corrected chi connectivity index (χ3v) is 3.67. The van der Waals surface area contributed by atoms with Crippen LogP contribution in [-0.2, 0) is 11.3 Å². The van der Waals surface area contributed by atoms with Gasteiger partial charge in [0.15, 0.2) is 0 Å². The maximum absolute atomic E-state index is 5.87. The Balaban J connectivity index is 2.05. The van der Waals surface area contributed by atoms with Crippen molar-refractivity contribution in [3.05, 3.63) is 28.2 Å². The molecule has 0 aromatic heterocycles. The van der Waals surface area contributed by atoms with Gasteiger partial charge in [-0.15, -0.1) is 0 Å². The Morgan fingerprint density at radius 3 is 3.06 bits per heavy atom. The minimum atomic E-state index is 0.485. The average Bonchev–Trinajstić information content (AvgIpc) is 2.27. The second kappa shape index (κ2) is 5.17. The maximum atomic E-state index is 5.87. The number of halogens is 1. The molecule has 0 aliphatic carbocycles. The summed E-state index contributed by atoms with van der Waals surface area (Å²) < 4.78 is 6.38. The van der Waals surface area contributed by atoms with E-state index in [2.05, 4.69) is 33.8 Å². The number of hydrogen-bond acceptors (Lipinski definition) is 3. The van der Waals surface area contributed by atoms with E-state index in [0.717, 1.165) is 36.5 Å². The minimum Gasteiger partial charge on any atom is -0.398 e. The first-order valence-corrected chi connectivity index (χ1v) is 6.32. The van der Waals surface area contributed by atoms with Crippen LogP contribution in [0.1, 0.15) is 12.5 Å². The summed E-state index contributed by atoms with van der Waals surface area (Å²) in [5, 5.41) is 0. The summed E-state index contributed by atoms with van der Waals surface area (Å²) in [6.45, 7) is 5.79. The number of nitrogen functional groups attached to an aromatic ring is 1. The number of anilines is 1. The molecule has 1 saturated heterocycles. The van der Waals surface area contributed by atoms with Crippen LogP contribution in [0.5, 0.6) is 0 Å². The summed E-state index contributed by atoms with van der Waals surface area (Å²) in [7, 11) is 0. The van der Waals surface area contributed by atoms with Gasteiger partial charge in [0.05, 0.1) is 13.2 Å². The molecule has 0 spiro atoms. The lowest BCUT2D eigenvalue weighted by atomic mass is 10.1. The van der Waals surface area contributed by atoms with E-state index >= 15 is 0 Å². The van der Waals surface area contributed by atoms with Gasteiger partial charge in [0.2, 0.25) is 0 Å². The van der Waals surface area contributed by atoms with Crippen LogP contribution in [-0.4, -0.2) is 30.7 Å². The second-order valence-electron chi connectivity index (χ2n) is 4.25. The molecule has 16 heavy (non-hydrogen) atoms. The van der Waals surface area contributed by atoms with Gasteiger partial charge < -0.3 is 10.5 Å². The number of hydrogen-bond donors (Lipinski definition) is 1. The maximum Gasteiger partial charge on any atom is 0.0619 e. The Bertz CT molecular complexity index is 370. The highest BCUT2D eigenvalue weighted by Crippen LogP contribution is 2.21. The number of benzene rings is 1. The first kappa shape index (κ1) is 11.9. The summed E-state index contributed by atoms with van der Waals surface area (Å²) in [5.74, 6) is 0. The molecule has 0 bridgehead atoms. The van der Waals surface area contributed by atoms with Gasteiger partial charge in [-0.05, 0) is 40.5 Å². The highest BCUT2D eigenvalue weighted by molar-refractivity contribution is 9.10. The molecule has 0 amide bonds. The fraction of sp³-hybridized carbons (Fsp3) is 0.500. The normalized spacial score (nSPS) is 22.2. The van der Waals surface area contributed by atoms with Gasteiger partial charge in [0.25, 0.3) is 0 Å². The zero-order valence-corrected chi connectivity index (χ0v) is 11.0. The Morgan fingerprint density at radius 2 is 2.38 bits per heavy atom. The van der Waals surface area contributed by atoms with Crippen molar-refractivity contribution in [1.82, 2.24) is 4.90 Å². The van der Waals surface area contributed by atoms with Crippen molar-refractivity contribution in [2.24, 2.45) is 0 Å². The van der Waals surface area contributed by atoms with Gasteiger partial charge in [-0.25, -0.2) is 0 Å². The van der Waals surface area contributed by atoms with E-state index in [-0.39, 0.29) is 0 Å². The van der Waals surface area contributed by atoms with E-state index in [1.54, 1.807) is 0 Å². The van der Waals surface area contributed by atoms with Crippen LogP contribution in [0.25, 0.3) is 0 Å². The topological polar surface area (TPSA) is 38.5 Å². The number of morpholine rings is 1. The fourth-order valence-electron chi connectivity index (χ4n) is 1.92. The monoisotopic (exact) mass is 284 g/mol. The molecule has 2 rings (SSSR count). The molecule has 2 N–H and O–H groups in total. The van der Waals surface area contributed by atoms with Crippen molar-refractivity contribution < 1.29 is 4.74 Å². The van der Waals surface area contributed by atoms with Crippen molar-refractivity contribution in [3.63, 3.8) is 0 Å². The highest BCUT2D eigenvalue weighted by atomic mass is 79.9. The third-order valence-electron chi connectivity index (χ3n) is 2.95. The molecular formula is C12H17BrN2O. The predicted molar refractivity (Wildman–Crippen MR) is 69.2 cm³/mol. The van der Waals surface area contributed by atoms with Crippen LogP contribution in [0.15, 0.2) is 22.7 Å². The minimum absolute atomic E-state index is 0.485. The molecule has 4 heteroatoms. The molecule has 1 aliphatic rings. The van der Waals surface area contributed by atoms with E-state index in [0.29, 0.717) is 6.04 Å². The Hall–Kier alpha value is -0.580. The van der Waals surface area contributed by atoms with E-state index in [4.69, 9.17) is 10.5 Å². The number of rotatable bonds is 2. The molecule has 1 aliphatic heterocycles. The molecule has 1 unspecified atom stereocenters. The quantitative estimate of drug-likeness (QED) is 0.847. The van der Waals surface area contributed by atoms with Gasteiger partial charge in [0.1, 0.15) is 0 Å². The molecule has 1 aromatic rings. The summed E-state index contributed by atoms with van der Waals surface area (Å²) in [5.41, 5.74) is 7.93. The molecule has 1 fully saturated rings. The average molecular weight is 285 g/mol. The lowest BCUT2D eigenvalue weighted by molar-refractivity contribution is -0.00436. The molecule has 0 radical (unpaired) electrons.